The van der Waals surface area contributed by atoms with E-state index in [1.54, 1.807) is 0 Å². The third kappa shape index (κ3) is 3.02. The largest absolute Gasteiger partial charge is 0.469 e. The van der Waals surface area contributed by atoms with E-state index in [2.05, 4.69) is 5.32 Å². The minimum absolute atomic E-state index is 0.0735. The van der Waals surface area contributed by atoms with Gasteiger partial charge in [0, 0.05) is 0 Å². The fourth-order valence-corrected chi connectivity index (χ4v) is 2.52. The zero-order chi connectivity index (χ0) is 13.9. The standard InChI is InChI=1S/C13H23NO4/c1-6-14-10-9(11(15)18-10)8(2)7-13(3,4)12(16)17-5/h8-10,14H,6-7H2,1-5H3. The minimum atomic E-state index is -0.583. The molecule has 1 N–H and O–H groups in total. The fraction of sp³-hybridized carbons (Fsp3) is 0.846. The van der Waals surface area contributed by atoms with Gasteiger partial charge in [0.1, 0.15) is 5.92 Å². The van der Waals surface area contributed by atoms with Gasteiger partial charge in [-0.05, 0) is 32.7 Å². The molecule has 1 heterocycles. The van der Waals surface area contributed by atoms with E-state index in [0.29, 0.717) is 6.42 Å². The van der Waals surface area contributed by atoms with Crippen molar-refractivity contribution in [1.29, 1.82) is 0 Å². The zero-order valence-electron chi connectivity index (χ0n) is 11.8. The molecule has 3 unspecified atom stereocenters. The summed E-state index contributed by atoms with van der Waals surface area (Å²) < 4.78 is 9.83. The van der Waals surface area contributed by atoms with E-state index in [-0.39, 0.29) is 30.0 Å². The summed E-state index contributed by atoms with van der Waals surface area (Å²) >= 11 is 0. The van der Waals surface area contributed by atoms with Crippen LogP contribution in [0, 0.1) is 17.3 Å². The maximum atomic E-state index is 11.6. The number of carbonyl (C=O) groups excluding carboxylic acids is 2. The lowest BCUT2D eigenvalue weighted by molar-refractivity contribution is -0.196. The molecule has 0 saturated carbocycles. The smallest absolute Gasteiger partial charge is 0.316 e. The van der Waals surface area contributed by atoms with Crippen LogP contribution in [-0.4, -0.2) is 31.8 Å². The highest BCUT2D eigenvalue weighted by molar-refractivity contribution is 5.79. The van der Waals surface area contributed by atoms with Crippen LogP contribution in [0.3, 0.4) is 0 Å². The van der Waals surface area contributed by atoms with Gasteiger partial charge >= 0.3 is 11.9 Å². The van der Waals surface area contributed by atoms with Crippen LogP contribution < -0.4 is 5.32 Å². The number of methoxy groups -OCH3 is 1. The molecular formula is C13H23NO4. The Kier molecular flexibility index (Phi) is 4.73. The number of hydrogen-bond donors (Lipinski definition) is 1. The lowest BCUT2D eigenvalue weighted by Crippen LogP contribution is -2.56. The van der Waals surface area contributed by atoms with Gasteiger partial charge in [0.05, 0.1) is 12.5 Å². The van der Waals surface area contributed by atoms with Gasteiger partial charge in [-0.25, -0.2) is 0 Å². The predicted molar refractivity (Wildman–Crippen MR) is 66.6 cm³/mol. The van der Waals surface area contributed by atoms with Crippen molar-refractivity contribution < 1.29 is 19.1 Å². The van der Waals surface area contributed by atoms with Gasteiger partial charge in [0.25, 0.3) is 0 Å². The van der Waals surface area contributed by atoms with E-state index in [1.165, 1.54) is 7.11 Å². The van der Waals surface area contributed by atoms with Gasteiger partial charge in [-0.2, -0.15) is 0 Å². The third-order valence-electron chi connectivity index (χ3n) is 3.43. The van der Waals surface area contributed by atoms with E-state index >= 15 is 0 Å². The van der Waals surface area contributed by atoms with E-state index in [4.69, 9.17) is 9.47 Å². The molecule has 1 saturated heterocycles. The molecule has 0 radical (unpaired) electrons. The Morgan fingerprint density at radius 3 is 2.61 bits per heavy atom. The summed E-state index contributed by atoms with van der Waals surface area (Å²) in [5.74, 6) is -0.533. The van der Waals surface area contributed by atoms with Gasteiger partial charge in [-0.1, -0.05) is 13.8 Å². The molecule has 1 aliphatic rings. The van der Waals surface area contributed by atoms with E-state index in [9.17, 15) is 9.59 Å². The van der Waals surface area contributed by atoms with Gasteiger partial charge in [-0.3, -0.25) is 14.9 Å². The number of hydrogen-bond acceptors (Lipinski definition) is 5. The van der Waals surface area contributed by atoms with E-state index in [0.717, 1.165) is 6.54 Å². The Morgan fingerprint density at radius 1 is 1.56 bits per heavy atom. The predicted octanol–water partition coefficient (Wildman–Crippen LogP) is 1.32. The Bertz CT molecular complexity index is 327. The Labute approximate surface area is 108 Å². The number of cyclic esters (lactones) is 1. The van der Waals surface area contributed by atoms with Crippen LogP contribution >= 0.6 is 0 Å². The Balaban J connectivity index is 2.61. The number of nitrogens with one attached hydrogen (secondary N) is 1. The van der Waals surface area contributed by atoms with E-state index < -0.39 is 5.41 Å². The molecule has 0 spiro atoms. The van der Waals surface area contributed by atoms with Crippen molar-refractivity contribution in [2.24, 2.45) is 17.3 Å². The second-order valence-electron chi connectivity index (χ2n) is 5.50. The Hall–Kier alpha value is -1.10. The molecule has 1 aliphatic heterocycles. The van der Waals surface area contributed by atoms with E-state index in [1.807, 2.05) is 27.7 Å². The molecule has 0 amide bonds. The van der Waals surface area contributed by atoms with Crippen LogP contribution in [0.25, 0.3) is 0 Å². The lowest BCUT2D eigenvalue weighted by Gasteiger charge is -2.40. The summed E-state index contributed by atoms with van der Waals surface area (Å²) in [6.07, 6.45) is 0.382. The molecule has 18 heavy (non-hydrogen) atoms. The highest BCUT2D eigenvalue weighted by Crippen LogP contribution is 2.36. The topological polar surface area (TPSA) is 64.6 Å². The molecule has 0 aromatic carbocycles. The second kappa shape index (κ2) is 5.69. The molecule has 104 valence electrons. The third-order valence-corrected chi connectivity index (χ3v) is 3.43. The molecule has 1 rings (SSSR count). The summed E-state index contributed by atoms with van der Waals surface area (Å²) in [6, 6.07) is 0. The van der Waals surface area contributed by atoms with Crippen LogP contribution in [0.4, 0.5) is 0 Å². The number of carbonyl (C=O) groups is 2. The van der Waals surface area contributed by atoms with Crippen molar-refractivity contribution in [3.63, 3.8) is 0 Å². The number of rotatable bonds is 6. The first-order chi connectivity index (χ1) is 8.33. The number of esters is 2. The summed E-state index contributed by atoms with van der Waals surface area (Å²) in [4.78, 5) is 23.1. The second-order valence-corrected chi connectivity index (χ2v) is 5.50. The molecule has 5 heteroatoms. The maximum Gasteiger partial charge on any atom is 0.316 e. The van der Waals surface area contributed by atoms with Crippen LogP contribution in [0.1, 0.15) is 34.1 Å². The minimum Gasteiger partial charge on any atom is -0.469 e. The lowest BCUT2D eigenvalue weighted by atomic mass is 9.76. The molecule has 0 aliphatic carbocycles. The van der Waals surface area contributed by atoms with Crippen molar-refractivity contribution in [3.05, 3.63) is 0 Å². The molecule has 1 fully saturated rings. The molecular weight excluding hydrogens is 234 g/mol. The van der Waals surface area contributed by atoms with Crippen LogP contribution in [0.2, 0.25) is 0 Å². The Morgan fingerprint density at radius 2 is 2.17 bits per heavy atom. The van der Waals surface area contributed by atoms with Crippen molar-refractivity contribution in [2.75, 3.05) is 13.7 Å². The number of ether oxygens (including phenoxy) is 2. The van der Waals surface area contributed by atoms with Gasteiger partial charge in [0.15, 0.2) is 6.23 Å². The monoisotopic (exact) mass is 257 g/mol. The quantitative estimate of drug-likeness (QED) is 0.727. The highest BCUT2D eigenvalue weighted by Gasteiger charge is 2.47. The van der Waals surface area contributed by atoms with Gasteiger partial charge < -0.3 is 9.47 Å². The summed E-state index contributed by atoms with van der Waals surface area (Å²) in [5.41, 5.74) is -0.583. The molecule has 3 atom stereocenters. The van der Waals surface area contributed by atoms with Gasteiger partial charge in [0.2, 0.25) is 0 Å². The van der Waals surface area contributed by atoms with Crippen molar-refractivity contribution in [1.82, 2.24) is 5.32 Å². The highest BCUT2D eigenvalue weighted by atomic mass is 16.6. The maximum absolute atomic E-state index is 11.6. The molecule has 5 nitrogen and oxygen atoms in total. The molecule has 0 bridgehead atoms. The first-order valence-electron chi connectivity index (χ1n) is 6.35. The fourth-order valence-electron chi connectivity index (χ4n) is 2.52. The normalized spacial score (nSPS) is 25.1. The van der Waals surface area contributed by atoms with Crippen molar-refractivity contribution >= 4 is 11.9 Å². The average Bonchev–Trinajstić information content (AvgIpc) is 2.26. The SMILES string of the molecule is CCNC1OC(=O)C1C(C)CC(C)(C)C(=O)OC. The molecule has 0 aromatic rings. The van der Waals surface area contributed by atoms with Crippen LogP contribution in [0.15, 0.2) is 0 Å². The summed E-state index contributed by atoms with van der Waals surface area (Å²) in [5, 5.41) is 3.11. The van der Waals surface area contributed by atoms with Crippen molar-refractivity contribution in [3.8, 4) is 0 Å². The van der Waals surface area contributed by atoms with Crippen LogP contribution in [0.5, 0.6) is 0 Å². The zero-order valence-corrected chi connectivity index (χ0v) is 11.8. The van der Waals surface area contributed by atoms with Crippen LogP contribution in [-0.2, 0) is 19.1 Å². The van der Waals surface area contributed by atoms with Gasteiger partial charge in [-0.15, -0.1) is 0 Å². The summed E-state index contributed by atoms with van der Waals surface area (Å²) in [7, 11) is 1.38. The molecule has 0 aromatic heterocycles. The average molecular weight is 257 g/mol. The first kappa shape index (κ1) is 15.0. The summed E-state index contributed by atoms with van der Waals surface area (Å²) in [6.45, 7) is 8.36. The van der Waals surface area contributed by atoms with Crippen molar-refractivity contribution in [2.45, 2.75) is 40.3 Å². The first-order valence-corrected chi connectivity index (χ1v) is 6.35.